The maximum atomic E-state index is 12.1. The number of amides is 1. The molecule has 0 radical (unpaired) electrons. The van der Waals surface area contributed by atoms with Gasteiger partial charge < -0.3 is 15.6 Å². The highest BCUT2D eigenvalue weighted by atomic mass is 16.1. The van der Waals surface area contributed by atoms with Gasteiger partial charge in [-0.2, -0.15) is 0 Å². The van der Waals surface area contributed by atoms with Crippen molar-refractivity contribution in [1.82, 2.24) is 20.1 Å². The third kappa shape index (κ3) is 4.00. The first-order valence-electron chi connectivity index (χ1n) is 8.76. The molecule has 0 saturated heterocycles. The highest BCUT2D eigenvalue weighted by Crippen LogP contribution is 2.15. The molecule has 0 saturated carbocycles. The predicted octanol–water partition coefficient (Wildman–Crippen LogP) is 1.83. The van der Waals surface area contributed by atoms with Crippen LogP contribution in [0.15, 0.2) is 24.3 Å². The third-order valence-electron chi connectivity index (χ3n) is 4.50. The van der Waals surface area contributed by atoms with Gasteiger partial charge in [-0.15, -0.1) is 10.2 Å². The molecule has 1 amide bonds. The Bertz CT molecular complexity index is 677. The second-order valence-corrected chi connectivity index (χ2v) is 6.26. The number of fused-ring (bicyclic) bond motifs is 1. The molecule has 1 aliphatic heterocycles. The lowest BCUT2D eigenvalue weighted by Gasteiger charge is -2.08. The second-order valence-electron chi connectivity index (χ2n) is 6.26. The number of nitrogens with two attached hydrogens (primary N) is 1. The molecule has 1 aliphatic rings. The summed E-state index contributed by atoms with van der Waals surface area (Å²) in [5, 5.41) is 11.6. The van der Waals surface area contributed by atoms with Gasteiger partial charge in [0.1, 0.15) is 11.6 Å². The van der Waals surface area contributed by atoms with Crippen molar-refractivity contribution in [3.05, 3.63) is 47.0 Å². The van der Waals surface area contributed by atoms with E-state index < -0.39 is 0 Å². The van der Waals surface area contributed by atoms with Crippen molar-refractivity contribution in [3.63, 3.8) is 0 Å². The number of aromatic nitrogens is 3. The second kappa shape index (κ2) is 8.06. The van der Waals surface area contributed by atoms with Crippen molar-refractivity contribution in [2.45, 2.75) is 51.6 Å². The molecule has 6 nitrogen and oxygen atoms in total. The lowest BCUT2D eigenvalue weighted by atomic mass is 10.1. The number of carbonyl (C=O) groups is 1. The summed E-state index contributed by atoms with van der Waals surface area (Å²) in [5.41, 5.74) is 7.26. The fraction of sp³-hybridized carbons (Fsp3) is 0.500. The average Bonchev–Trinajstić information content (AvgIpc) is 2.85. The summed E-state index contributed by atoms with van der Waals surface area (Å²) in [4.78, 5) is 12.1. The molecular formula is C18H25N5O. The van der Waals surface area contributed by atoms with E-state index >= 15 is 0 Å². The Morgan fingerprint density at radius 1 is 1.17 bits per heavy atom. The summed E-state index contributed by atoms with van der Waals surface area (Å²) in [6.45, 7) is 2.15. The van der Waals surface area contributed by atoms with Crippen LogP contribution in [0.2, 0.25) is 0 Å². The highest BCUT2D eigenvalue weighted by molar-refractivity contribution is 5.94. The van der Waals surface area contributed by atoms with Crippen LogP contribution in [-0.4, -0.2) is 27.2 Å². The molecule has 0 unspecified atom stereocenters. The molecule has 0 bridgehead atoms. The zero-order valence-electron chi connectivity index (χ0n) is 14.0. The lowest BCUT2D eigenvalue weighted by Crippen LogP contribution is -2.25. The minimum atomic E-state index is -0.0429. The molecule has 2 heterocycles. The fourth-order valence-electron chi connectivity index (χ4n) is 3.07. The van der Waals surface area contributed by atoms with Gasteiger partial charge in [-0.3, -0.25) is 4.79 Å². The van der Waals surface area contributed by atoms with E-state index in [1.807, 2.05) is 24.3 Å². The molecule has 3 rings (SSSR count). The Morgan fingerprint density at radius 2 is 2.00 bits per heavy atom. The van der Waals surface area contributed by atoms with Gasteiger partial charge in [-0.25, -0.2) is 0 Å². The van der Waals surface area contributed by atoms with Gasteiger partial charge in [0.15, 0.2) is 0 Å². The van der Waals surface area contributed by atoms with Gasteiger partial charge in [-0.1, -0.05) is 18.6 Å². The van der Waals surface area contributed by atoms with Crippen LogP contribution >= 0.6 is 0 Å². The van der Waals surface area contributed by atoms with Crippen molar-refractivity contribution in [3.8, 4) is 0 Å². The summed E-state index contributed by atoms with van der Waals surface area (Å²) in [6, 6.07) is 7.41. The Morgan fingerprint density at radius 3 is 2.79 bits per heavy atom. The topological polar surface area (TPSA) is 85.8 Å². The fourth-order valence-corrected chi connectivity index (χ4v) is 3.07. The third-order valence-corrected chi connectivity index (χ3v) is 4.50. The summed E-state index contributed by atoms with van der Waals surface area (Å²) in [7, 11) is 0. The molecule has 1 aromatic carbocycles. The van der Waals surface area contributed by atoms with Crippen LogP contribution in [0.1, 0.15) is 53.3 Å². The van der Waals surface area contributed by atoms with Crippen LogP contribution in [0.5, 0.6) is 0 Å². The van der Waals surface area contributed by atoms with Crippen molar-refractivity contribution < 1.29 is 4.79 Å². The zero-order valence-corrected chi connectivity index (χ0v) is 14.0. The van der Waals surface area contributed by atoms with Crippen molar-refractivity contribution in [2.75, 3.05) is 6.54 Å². The quantitative estimate of drug-likeness (QED) is 0.793. The van der Waals surface area contributed by atoms with E-state index in [0.29, 0.717) is 18.7 Å². The molecule has 1 aromatic heterocycles. The van der Waals surface area contributed by atoms with Crippen molar-refractivity contribution >= 4 is 5.91 Å². The Labute approximate surface area is 142 Å². The minimum Gasteiger partial charge on any atom is -0.352 e. The van der Waals surface area contributed by atoms with Gasteiger partial charge in [0.05, 0.1) is 0 Å². The van der Waals surface area contributed by atoms with Gasteiger partial charge in [0.25, 0.3) is 5.91 Å². The number of rotatable bonds is 6. The monoisotopic (exact) mass is 327 g/mol. The number of hydrogen-bond donors (Lipinski definition) is 2. The molecule has 0 fully saturated rings. The molecule has 2 aromatic rings. The van der Waals surface area contributed by atoms with E-state index in [-0.39, 0.29) is 5.91 Å². The van der Waals surface area contributed by atoms with Crippen LogP contribution in [0.4, 0.5) is 0 Å². The van der Waals surface area contributed by atoms with Gasteiger partial charge >= 0.3 is 0 Å². The Kier molecular flexibility index (Phi) is 5.59. The number of benzene rings is 1. The van der Waals surface area contributed by atoms with Gasteiger partial charge in [-0.05, 0) is 37.0 Å². The summed E-state index contributed by atoms with van der Waals surface area (Å²) < 4.78 is 2.26. The lowest BCUT2D eigenvalue weighted by molar-refractivity contribution is 0.0953. The first-order chi connectivity index (χ1) is 11.8. The summed E-state index contributed by atoms with van der Waals surface area (Å²) >= 11 is 0. The van der Waals surface area contributed by atoms with E-state index in [0.717, 1.165) is 43.0 Å². The normalized spacial score (nSPS) is 14.0. The van der Waals surface area contributed by atoms with E-state index in [9.17, 15) is 4.79 Å². The molecule has 6 heteroatoms. The first-order valence-corrected chi connectivity index (χ1v) is 8.76. The van der Waals surface area contributed by atoms with Crippen LogP contribution < -0.4 is 11.1 Å². The Balaban J connectivity index is 1.46. The molecule has 24 heavy (non-hydrogen) atoms. The Hall–Kier alpha value is -2.21. The smallest absolute Gasteiger partial charge is 0.251 e. The molecule has 0 spiro atoms. The number of nitrogens with zero attached hydrogens (tertiary/aromatic N) is 3. The van der Waals surface area contributed by atoms with Crippen LogP contribution in [-0.2, 0) is 25.9 Å². The van der Waals surface area contributed by atoms with Crippen LogP contribution in [0.3, 0.4) is 0 Å². The largest absolute Gasteiger partial charge is 0.352 e. The van der Waals surface area contributed by atoms with E-state index in [2.05, 4.69) is 20.1 Å². The van der Waals surface area contributed by atoms with Gasteiger partial charge in [0, 0.05) is 38.0 Å². The summed E-state index contributed by atoms with van der Waals surface area (Å²) in [6.07, 6.45) is 6.42. The van der Waals surface area contributed by atoms with Crippen LogP contribution in [0.25, 0.3) is 0 Å². The van der Waals surface area contributed by atoms with Crippen molar-refractivity contribution in [1.29, 1.82) is 0 Å². The van der Waals surface area contributed by atoms with E-state index in [1.54, 1.807) is 0 Å². The maximum Gasteiger partial charge on any atom is 0.251 e. The SMILES string of the molecule is NCc1ccc(C(=O)NCCCc2nnc3n2CCCCC3)cc1. The van der Waals surface area contributed by atoms with E-state index in [4.69, 9.17) is 5.73 Å². The highest BCUT2D eigenvalue weighted by Gasteiger charge is 2.14. The molecular weight excluding hydrogens is 302 g/mol. The molecule has 0 aliphatic carbocycles. The molecule has 128 valence electrons. The first kappa shape index (κ1) is 16.6. The summed E-state index contributed by atoms with van der Waals surface area (Å²) in [5.74, 6) is 2.12. The number of aryl methyl sites for hydroxylation is 2. The minimum absolute atomic E-state index is 0.0429. The molecule has 0 atom stereocenters. The predicted molar refractivity (Wildman–Crippen MR) is 92.6 cm³/mol. The number of hydrogen-bond acceptors (Lipinski definition) is 4. The van der Waals surface area contributed by atoms with Crippen LogP contribution in [0, 0.1) is 0 Å². The number of carbonyl (C=O) groups excluding carboxylic acids is 1. The molecule has 3 N–H and O–H groups in total. The average molecular weight is 327 g/mol. The van der Waals surface area contributed by atoms with E-state index in [1.165, 1.54) is 19.3 Å². The zero-order chi connectivity index (χ0) is 16.8. The maximum absolute atomic E-state index is 12.1. The standard InChI is InChI=1S/C18H25N5O/c19-13-14-7-9-15(10-8-14)18(24)20-11-4-6-17-22-21-16-5-2-1-3-12-23(16)17/h7-10H,1-6,11-13,19H2,(H,20,24). The van der Waals surface area contributed by atoms with Gasteiger partial charge in [0.2, 0.25) is 0 Å². The van der Waals surface area contributed by atoms with Crippen molar-refractivity contribution in [2.24, 2.45) is 5.73 Å². The number of nitrogens with one attached hydrogen (secondary N) is 1.